The molecule has 5 nitrogen and oxygen atoms in total. The summed E-state index contributed by atoms with van der Waals surface area (Å²) < 4.78 is 7.38. The summed E-state index contributed by atoms with van der Waals surface area (Å²) in [6.45, 7) is 8.73. The van der Waals surface area contributed by atoms with Gasteiger partial charge in [-0.3, -0.25) is 9.36 Å². The zero-order chi connectivity index (χ0) is 17.1. The molecular weight excluding hydrogens is 322 g/mol. The van der Waals surface area contributed by atoms with Gasteiger partial charge in [-0.1, -0.05) is 29.5 Å². The van der Waals surface area contributed by atoms with E-state index in [4.69, 9.17) is 4.74 Å². The highest BCUT2D eigenvalue weighted by Crippen LogP contribution is 2.27. The van der Waals surface area contributed by atoms with Gasteiger partial charge in [0.1, 0.15) is 0 Å². The summed E-state index contributed by atoms with van der Waals surface area (Å²) in [7, 11) is 0. The Morgan fingerprint density at radius 3 is 2.75 bits per heavy atom. The minimum absolute atomic E-state index is 0.151. The summed E-state index contributed by atoms with van der Waals surface area (Å²) in [5.41, 5.74) is 3.54. The number of hydrogen-bond acceptors (Lipinski definition) is 4. The van der Waals surface area contributed by atoms with Crippen LogP contribution in [-0.4, -0.2) is 51.9 Å². The largest absolute Gasteiger partial charge is 0.378 e. The molecule has 1 aromatic heterocycles. The van der Waals surface area contributed by atoms with Crippen LogP contribution in [0.4, 0.5) is 0 Å². The molecule has 1 atom stereocenters. The van der Waals surface area contributed by atoms with Gasteiger partial charge in [0.25, 0.3) is 0 Å². The van der Waals surface area contributed by atoms with Gasteiger partial charge in [-0.15, -0.1) is 0 Å². The van der Waals surface area contributed by atoms with Crippen molar-refractivity contribution in [3.8, 4) is 5.69 Å². The van der Waals surface area contributed by atoms with Crippen molar-refractivity contribution in [2.75, 3.05) is 26.3 Å². The molecule has 0 spiro atoms. The number of carbonyl (C=O) groups is 1. The first-order valence-electron chi connectivity index (χ1n) is 8.20. The van der Waals surface area contributed by atoms with Gasteiger partial charge in [0.2, 0.25) is 5.91 Å². The topological polar surface area (TPSA) is 47.4 Å². The molecule has 1 saturated heterocycles. The van der Waals surface area contributed by atoms with Crippen LogP contribution in [0.15, 0.2) is 35.7 Å². The molecule has 0 saturated carbocycles. The van der Waals surface area contributed by atoms with Crippen molar-refractivity contribution in [1.82, 2.24) is 14.5 Å². The Morgan fingerprint density at radius 2 is 2.04 bits per heavy atom. The van der Waals surface area contributed by atoms with E-state index in [2.05, 4.69) is 41.6 Å². The molecule has 0 radical (unpaired) electrons. The van der Waals surface area contributed by atoms with E-state index in [0.29, 0.717) is 26.3 Å². The number of thioether (sulfide) groups is 1. The molecule has 2 heterocycles. The Labute approximate surface area is 147 Å². The van der Waals surface area contributed by atoms with Crippen molar-refractivity contribution in [3.63, 3.8) is 0 Å². The fourth-order valence-electron chi connectivity index (χ4n) is 2.89. The molecule has 0 bridgehead atoms. The van der Waals surface area contributed by atoms with Crippen LogP contribution < -0.4 is 0 Å². The number of aryl methyl sites for hydroxylation is 2. The summed E-state index contributed by atoms with van der Waals surface area (Å²) in [5.74, 6) is 0.151. The quantitative estimate of drug-likeness (QED) is 0.800. The highest BCUT2D eigenvalue weighted by atomic mass is 32.2. The molecule has 1 aliphatic heterocycles. The van der Waals surface area contributed by atoms with Crippen LogP contribution in [-0.2, 0) is 9.53 Å². The molecule has 3 rings (SSSR count). The maximum absolute atomic E-state index is 12.6. The molecule has 0 N–H and O–H groups in total. The van der Waals surface area contributed by atoms with Crippen molar-refractivity contribution in [2.24, 2.45) is 0 Å². The molecule has 6 heteroatoms. The van der Waals surface area contributed by atoms with Crippen molar-refractivity contribution < 1.29 is 9.53 Å². The first-order valence-corrected chi connectivity index (χ1v) is 9.08. The van der Waals surface area contributed by atoms with E-state index in [1.165, 1.54) is 22.9 Å². The van der Waals surface area contributed by atoms with Gasteiger partial charge in [0.05, 0.1) is 24.2 Å². The van der Waals surface area contributed by atoms with Crippen molar-refractivity contribution in [1.29, 1.82) is 0 Å². The van der Waals surface area contributed by atoms with E-state index in [1.807, 2.05) is 18.0 Å². The van der Waals surface area contributed by atoms with Crippen molar-refractivity contribution >= 4 is 17.7 Å². The first kappa shape index (κ1) is 17.0. The number of aromatic nitrogens is 2. The van der Waals surface area contributed by atoms with Gasteiger partial charge in [0, 0.05) is 25.5 Å². The summed E-state index contributed by atoms with van der Waals surface area (Å²) in [6.07, 6.45) is 3.74. The SMILES string of the molecule is Cc1ccc(-n2ccnc2SC(C)C(=O)N2CCOCC2)c(C)c1. The zero-order valence-corrected chi connectivity index (χ0v) is 15.2. The fourth-order valence-corrected chi connectivity index (χ4v) is 3.85. The maximum Gasteiger partial charge on any atom is 0.236 e. The van der Waals surface area contributed by atoms with E-state index < -0.39 is 0 Å². The van der Waals surface area contributed by atoms with Gasteiger partial charge in [-0.25, -0.2) is 4.98 Å². The number of hydrogen-bond donors (Lipinski definition) is 0. The molecule has 1 aromatic carbocycles. The molecule has 24 heavy (non-hydrogen) atoms. The second kappa shape index (κ2) is 7.40. The number of morpholine rings is 1. The Balaban J connectivity index is 1.76. The second-order valence-corrected chi connectivity index (χ2v) is 7.38. The van der Waals surface area contributed by atoms with Crippen LogP contribution in [0.1, 0.15) is 18.1 Å². The van der Waals surface area contributed by atoms with E-state index >= 15 is 0 Å². The molecule has 1 aliphatic rings. The lowest BCUT2D eigenvalue weighted by Gasteiger charge is -2.29. The highest BCUT2D eigenvalue weighted by Gasteiger charge is 2.24. The Kier molecular flexibility index (Phi) is 5.26. The normalized spacial score (nSPS) is 16.2. The smallest absolute Gasteiger partial charge is 0.236 e. The molecule has 128 valence electrons. The second-order valence-electron chi connectivity index (χ2n) is 6.07. The third-order valence-corrected chi connectivity index (χ3v) is 5.24. The summed E-state index contributed by atoms with van der Waals surface area (Å²) in [6, 6.07) is 6.36. The van der Waals surface area contributed by atoms with Gasteiger partial charge >= 0.3 is 0 Å². The zero-order valence-electron chi connectivity index (χ0n) is 14.4. The number of amides is 1. The molecule has 1 fully saturated rings. The van der Waals surface area contributed by atoms with Gasteiger partial charge in [-0.05, 0) is 32.4 Å². The average Bonchev–Trinajstić information content (AvgIpc) is 3.03. The minimum atomic E-state index is -0.171. The van der Waals surface area contributed by atoms with Crippen LogP contribution in [0, 0.1) is 13.8 Å². The molecular formula is C18H23N3O2S. The lowest BCUT2D eigenvalue weighted by molar-refractivity contribution is -0.134. The first-order chi connectivity index (χ1) is 11.6. The Hall–Kier alpha value is -1.79. The standard InChI is InChI=1S/C18H23N3O2S/c1-13-4-5-16(14(2)12-13)21-7-6-19-18(21)24-15(3)17(22)20-8-10-23-11-9-20/h4-7,12,15H,8-11H2,1-3H3. The number of benzene rings is 1. The third-order valence-electron chi connectivity index (χ3n) is 4.17. The summed E-state index contributed by atoms with van der Waals surface area (Å²) in [5, 5.41) is 0.672. The molecule has 1 unspecified atom stereocenters. The predicted octanol–water partition coefficient (Wildman–Crippen LogP) is 2.83. The molecule has 1 amide bonds. The predicted molar refractivity (Wildman–Crippen MR) is 95.8 cm³/mol. The minimum Gasteiger partial charge on any atom is -0.378 e. The van der Waals surface area contributed by atoms with Crippen LogP contribution in [0.25, 0.3) is 5.69 Å². The van der Waals surface area contributed by atoms with Crippen LogP contribution in [0.3, 0.4) is 0 Å². The van der Waals surface area contributed by atoms with E-state index in [9.17, 15) is 4.79 Å². The number of carbonyl (C=O) groups excluding carboxylic acids is 1. The molecule has 0 aliphatic carbocycles. The lowest BCUT2D eigenvalue weighted by Crippen LogP contribution is -2.44. The number of ether oxygens (including phenoxy) is 1. The number of rotatable bonds is 4. The third kappa shape index (κ3) is 3.65. The fraction of sp³-hybridized carbons (Fsp3) is 0.444. The van der Waals surface area contributed by atoms with Crippen LogP contribution >= 0.6 is 11.8 Å². The van der Waals surface area contributed by atoms with Gasteiger partial charge in [-0.2, -0.15) is 0 Å². The van der Waals surface area contributed by atoms with E-state index in [-0.39, 0.29) is 11.2 Å². The average molecular weight is 345 g/mol. The lowest BCUT2D eigenvalue weighted by atomic mass is 10.1. The maximum atomic E-state index is 12.6. The van der Waals surface area contributed by atoms with Crippen LogP contribution in [0.5, 0.6) is 0 Å². The summed E-state index contributed by atoms with van der Waals surface area (Å²) in [4.78, 5) is 18.9. The Morgan fingerprint density at radius 1 is 1.29 bits per heavy atom. The number of imidazole rings is 1. The monoisotopic (exact) mass is 345 g/mol. The number of nitrogens with zero attached hydrogens (tertiary/aromatic N) is 3. The van der Waals surface area contributed by atoms with Crippen molar-refractivity contribution in [2.45, 2.75) is 31.2 Å². The highest BCUT2D eigenvalue weighted by molar-refractivity contribution is 8.00. The molecule has 2 aromatic rings. The van der Waals surface area contributed by atoms with Gasteiger partial charge < -0.3 is 9.64 Å². The van der Waals surface area contributed by atoms with Gasteiger partial charge in [0.15, 0.2) is 5.16 Å². The van der Waals surface area contributed by atoms with E-state index in [0.717, 1.165) is 10.8 Å². The van der Waals surface area contributed by atoms with Crippen molar-refractivity contribution in [3.05, 3.63) is 41.7 Å². The van der Waals surface area contributed by atoms with Crippen LogP contribution in [0.2, 0.25) is 0 Å². The Bertz CT molecular complexity index is 723. The van der Waals surface area contributed by atoms with E-state index in [1.54, 1.807) is 6.20 Å². The summed E-state index contributed by atoms with van der Waals surface area (Å²) >= 11 is 1.51.